The quantitative estimate of drug-likeness (QED) is 0.553. The fourth-order valence-corrected chi connectivity index (χ4v) is 2.62. The van der Waals surface area contributed by atoms with Crippen LogP contribution in [0.2, 0.25) is 0 Å². The molecule has 0 unspecified atom stereocenters. The third-order valence-electron chi connectivity index (χ3n) is 4.02. The SMILES string of the molecule is Fc1ccccc1CNc1ccc(OCCCc2ccccc2)cc1. The third-order valence-corrected chi connectivity index (χ3v) is 4.02. The monoisotopic (exact) mass is 335 g/mol. The Balaban J connectivity index is 1.42. The molecule has 3 aromatic rings. The molecule has 0 saturated carbocycles. The number of anilines is 1. The maximum Gasteiger partial charge on any atom is 0.128 e. The summed E-state index contributed by atoms with van der Waals surface area (Å²) in [6.07, 6.45) is 2.00. The fourth-order valence-electron chi connectivity index (χ4n) is 2.62. The largest absolute Gasteiger partial charge is 0.494 e. The van der Waals surface area contributed by atoms with Crippen LogP contribution in [0.15, 0.2) is 78.9 Å². The van der Waals surface area contributed by atoms with Crippen molar-refractivity contribution >= 4 is 5.69 Å². The predicted molar refractivity (Wildman–Crippen MR) is 100 cm³/mol. The molecule has 25 heavy (non-hydrogen) atoms. The number of rotatable bonds is 8. The summed E-state index contributed by atoms with van der Waals surface area (Å²) in [5.41, 5.74) is 2.93. The molecule has 3 aromatic carbocycles. The number of hydrogen-bond acceptors (Lipinski definition) is 2. The smallest absolute Gasteiger partial charge is 0.128 e. The first kappa shape index (κ1) is 17.0. The van der Waals surface area contributed by atoms with Crippen molar-refractivity contribution < 1.29 is 9.13 Å². The minimum Gasteiger partial charge on any atom is -0.494 e. The molecule has 3 heteroatoms. The number of ether oxygens (including phenoxy) is 1. The molecule has 1 N–H and O–H groups in total. The van der Waals surface area contributed by atoms with E-state index in [2.05, 4.69) is 29.6 Å². The van der Waals surface area contributed by atoms with Gasteiger partial charge in [-0.05, 0) is 48.7 Å². The first-order valence-electron chi connectivity index (χ1n) is 8.55. The lowest BCUT2D eigenvalue weighted by atomic mass is 10.1. The van der Waals surface area contributed by atoms with Crippen LogP contribution in [0.1, 0.15) is 17.5 Å². The van der Waals surface area contributed by atoms with Gasteiger partial charge in [0.25, 0.3) is 0 Å². The van der Waals surface area contributed by atoms with Crippen molar-refractivity contribution in [2.24, 2.45) is 0 Å². The van der Waals surface area contributed by atoms with Gasteiger partial charge < -0.3 is 10.1 Å². The Morgan fingerprint density at radius 3 is 2.28 bits per heavy atom. The Labute approximate surface area is 148 Å². The van der Waals surface area contributed by atoms with Crippen LogP contribution in [0.3, 0.4) is 0 Å². The summed E-state index contributed by atoms with van der Waals surface area (Å²) >= 11 is 0. The van der Waals surface area contributed by atoms with Gasteiger partial charge in [0.1, 0.15) is 11.6 Å². The second kappa shape index (κ2) is 8.88. The molecule has 0 bridgehead atoms. The lowest BCUT2D eigenvalue weighted by molar-refractivity contribution is 0.311. The van der Waals surface area contributed by atoms with Crippen molar-refractivity contribution in [2.45, 2.75) is 19.4 Å². The topological polar surface area (TPSA) is 21.3 Å². The van der Waals surface area contributed by atoms with E-state index < -0.39 is 0 Å². The molecule has 0 atom stereocenters. The van der Waals surface area contributed by atoms with Gasteiger partial charge in [0.2, 0.25) is 0 Å². The molecule has 0 aliphatic heterocycles. The summed E-state index contributed by atoms with van der Waals surface area (Å²) in [4.78, 5) is 0. The highest BCUT2D eigenvalue weighted by Crippen LogP contribution is 2.17. The highest BCUT2D eigenvalue weighted by Gasteiger charge is 2.01. The van der Waals surface area contributed by atoms with Crippen LogP contribution in [-0.2, 0) is 13.0 Å². The Bertz CT molecular complexity index is 772. The molecule has 3 rings (SSSR count). The molecular weight excluding hydrogens is 313 g/mol. The molecule has 0 fully saturated rings. The number of benzene rings is 3. The summed E-state index contributed by atoms with van der Waals surface area (Å²) in [6.45, 7) is 1.15. The van der Waals surface area contributed by atoms with E-state index in [1.807, 2.05) is 36.4 Å². The van der Waals surface area contributed by atoms with Gasteiger partial charge in [-0.15, -0.1) is 0 Å². The minimum absolute atomic E-state index is 0.187. The molecule has 0 saturated heterocycles. The molecule has 0 aliphatic rings. The predicted octanol–water partition coefficient (Wildman–Crippen LogP) is 5.45. The maximum absolute atomic E-state index is 13.6. The zero-order valence-electron chi connectivity index (χ0n) is 14.1. The zero-order valence-corrected chi connectivity index (χ0v) is 14.1. The van der Waals surface area contributed by atoms with Crippen LogP contribution < -0.4 is 10.1 Å². The number of hydrogen-bond donors (Lipinski definition) is 1. The van der Waals surface area contributed by atoms with E-state index >= 15 is 0 Å². The minimum atomic E-state index is -0.187. The van der Waals surface area contributed by atoms with Gasteiger partial charge in [0, 0.05) is 17.8 Å². The van der Waals surface area contributed by atoms with Crippen LogP contribution in [0.25, 0.3) is 0 Å². The van der Waals surface area contributed by atoms with Gasteiger partial charge in [0.15, 0.2) is 0 Å². The van der Waals surface area contributed by atoms with Crippen LogP contribution in [-0.4, -0.2) is 6.61 Å². The Morgan fingerprint density at radius 1 is 0.800 bits per heavy atom. The van der Waals surface area contributed by atoms with Crippen LogP contribution in [0.5, 0.6) is 5.75 Å². The molecule has 2 nitrogen and oxygen atoms in total. The molecule has 0 heterocycles. The lowest BCUT2D eigenvalue weighted by Gasteiger charge is -2.10. The first-order valence-corrected chi connectivity index (χ1v) is 8.55. The average Bonchev–Trinajstić information content (AvgIpc) is 2.66. The summed E-state index contributed by atoms with van der Waals surface area (Å²) < 4.78 is 19.4. The highest BCUT2D eigenvalue weighted by atomic mass is 19.1. The third kappa shape index (κ3) is 5.35. The first-order chi connectivity index (χ1) is 12.3. The van der Waals surface area contributed by atoms with Crippen molar-refractivity contribution in [3.63, 3.8) is 0 Å². The van der Waals surface area contributed by atoms with E-state index in [-0.39, 0.29) is 5.82 Å². The molecule has 0 spiro atoms. The van der Waals surface area contributed by atoms with Crippen molar-refractivity contribution in [1.29, 1.82) is 0 Å². The van der Waals surface area contributed by atoms with Gasteiger partial charge in [0.05, 0.1) is 6.61 Å². The second-order valence-electron chi connectivity index (χ2n) is 5.91. The van der Waals surface area contributed by atoms with Gasteiger partial charge in [-0.25, -0.2) is 4.39 Å². The van der Waals surface area contributed by atoms with Gasteiger partial charge in [-0.2, -0.15) is 0 Å². The summed E-state index contributed by atoms with van der Waals surface area (Å²) in [6, 6.07) is 25.0. The summed E-state index contributed by atoms with van der Waals surface area (Å²) in [7, 11) is 0. The number of aryl methyl sites for hydroxylation is 1. The van der Waals surface area contributed by atoms with Gasteiger partial charge in [-0.3, -0.25) is 0 Å². The molecule has 128 valence electrons. The second-order valence-corrected chi connectivity index (χ2v) is 5.91. The fraction of sp³-hybridized carbons (Fsp3) is 0.182. The normalized spacial score (nSPS) is 10.4. The number of nitrogens with one attached hydrogen (secondary N) is 1. The lowest BCUT2D eigenvalue weighted by Crippen LogP contribution is -2.02. The Morgan fingerprint density at radius 2 is 1.52 bits per heavy atom. The number of halogens is 1. The van der Waals surface area contributed by atoms with E-state index in [1.165, 1.54) is 11.6 Å². The molecule has 0 aromatic heterocycles. The Hall–Kier alpha value is -2.81. The van der Waals surface area contributed by atoms with Crippen molar-refractivity contribution in [2.75, 3.05) is 11.9 Å². The average molecular weight is 335 g/mol. The molecule has 0 radical (unpaired) electrons. The van der Waals surface area contributed by atoms with Crippen molar-refractivity contribution in [1.82, 2.24) is 0 Å². The van der Waals surface area contributed by atoms with Crippen LogP contribution in [0.4, 0.5) is 10.1 Å². The maximum atomic E-state index is 13.6. The summed E-state index contributed by atoms with van der Waals surface area (Å²) in [5, 5.41) is 3.22. The standard InChI is InChI=1S/C22H22FNO/c23-22-11-5-4-10-19(22)17-24-20-12-14-21(15-13-20)25-16-6-9-18-7-2-1-3-8-18/h1-5,7-8,10-15,24H,6,9,16-17H2. The molecular formula is C22H22FNO. The van der Waals surface area contributed by atoms with Gasteiger partial charge >= 0.3 is 0 Å². The van der Waals surface area contributed by atoms with Crippen molar-refractivity contribution in [3.05, 3.63) is 95.8 Å². The zero-order chi connectivity index (χ0) is 17.3. The van der Waals surface area contributed by atoms with E-state index in [4.69, 9.17) is 4.74 Å². The van der Waals surface area contributed by atoms with Crippen LogP contribution in [0, 0.1) is 5.82 Å². The van der Waals surface area contributed by atoms with E-state index in [0.29, 0.717) is 18.7 Å². The molecule has 0 aliphatic carbocycles. The Kier molecular flexibility index (Phi) is 6.05. The van der Waals surface area contributed by atoms with E-state index in [9.17, 15) is 4.39 Å². The van der Waals surface area contributed by atoms with E-state index in [0.717, 1.165) is 24.3 Å². The van der Waals surface area contributed by atoms with Gasteiger partial charge in [-0.1, -0.05) is 48.5 Å². The summed E-state index contributed by atoms with van der Waals surface area (Å²) in [5.74, 6) is 0.665. The van der Waals surface area contributed by atoms with Crippen molar-refractivity contribution in [3.8, 4) is 5.75 Å². The van der Waals surface area contributed by atoms with Crippen LogP contribution >= 0.6 is 0 Å². The highest BCUT2D eigenvalue weighted by molar-refractivity contribution is 5.46. The molecule has 0 amide bonds. The van der Waals surface area contributed by atoms with E-state index in [1.54, 1.807) is 12.1 Å².